The molecule has 5 nitrogen and oxygen atoms in total. The fourth-order valence-electron chi connectivity index (χ4n) is 2.51. The van der Waals surface area contributed by atoms with E-state index in [4.69, 9.17) is 5.11 Å². The molecule has 1 aliphatic heterocycles. The first kappa shape index (κ1) is 15.9. The van der Waals surface area contributed by atoms with Crippen molar-refractivity contribution in [3.63, 3.8) is 0 Å². The molecule has 1 aromatic rings. The molecule has 0 saturated carbocycles. The number of rotatable bonds is 6. The number of sulfonamides is 1. The third kappa shape index (κ3) is 4.02. The van der Waals surface area contributed by atoms with Crippen molar-refractivity contribution in [3.8, 4) is 0 Å². The van der Waals surface area contributed by atoms with Gasteiger partial charge in [-0.2, -0.15) is 0 Å². The van der Waals surface area contributed by atoms with Gasteiger partial charge in [0.25, 0.3) is 0 Å². The molecule has 0 bridgehead atoms. The molecular weight excluding hydrogens is 296 g/mol. The molecule has 0 aliphatic carbocycles. The van der Waals surface area contributed by atoms with Crippen LogP contribution >= 0.6 is 11.3 Å². The monoisotopic (exact) mass is 318 g/mol. The highest BCUT2D eigenvalue weighted by Gasteiger charge is 2.21. The first-order chi connectivity index (χ1) is 9.53. The average molecular weight is 318 g/mol. The Morgan fingerprint density at radius 1 is 1.45 bits per heavy atom. The highest BCUT2D eigenvalue weighted by molar-refractivity contribution is 7.89. The summed E-state index contributed by atoms with van der Waals surface area (Å²) < 4.78 is 26.9. The number of likely N-dealkylation sites (tertiary alicyclic amines) is 1. The van der Waals surface area contributed by atoms with Gasteiger partial charge >= 0.3 is 0 Å². The summed E-state index contributed by atoms with van der Waals surface area (Å²) in [5.41, 5.74) is 0. The normalized spacial score (nSPS) is 18.5. The van der Waals surface area contributed by atoms with Crippen molar-refractivity contribution in [2.24, 2.45) is 5.92 Å². The zero-order valence-electron chi connectivity index (χ0n) is 11.7. The zero-order chi connectivity index (χ0) is 14.6. The molecule has 1 fully saturated rings. The number of nitrogens with zero attached hydrogens (tertiary/aromatic N) is 1. The highest BCUT2D eigenvalue weighted by Crippen LogP contribution is 2.22. The number of aliphatic hydroxyl groups is 1. The van der Waals surface area contributed by atoms with Crippen molar-refractivity contribution in [3.05, 3.63) is 16.3 Å². The SMILES string of the molecule is CN1CCC(CCNS(=O)(=O)c2ccsc2CO)CC1. The van der Waals surface area contributed by atoms with Gasteiger partial charge in [0.2, 0.25) is 10.0 Å². The maximum absolute atomic E-state index is 12.1. The smallest absolute Gasteiger partial charge is 0.241 e. The molecule has 2 N–H and O–H groups in total. The zero-order valence-corrected chi connectivity index (χ0v) is 13.3. The molecule has 0 spiro atoms. The minimum Gasteiger partial charge on any atom is -0.391 e. The molecule has 1 saturated heterocycles. The Balaban J connectivity index is 1.84. The van der Waals surface area contributed by atoms with E-state index in [0.29, 0.717) is 17.3 Å². The van der Waals surface area contributed by atoms with Crippen molar-refractivity contribution >= 4 is 21.4 Å². The summed E-state index contributed by atoms with van der Waals surface area (Å²) in [6, 6.07) is 1.55. The highest BCUT2D eigenvalue weighted by atomic mass is 32.2. The minimum absolute atomic E-state index is 0.216. The van der Waals surface area contributed by atoms with E-state index in [2.05, 4.69) is 16.7 Å². The summed E-state index contributed by atoms with van der Waals surface area (Å²) in [5, 5.41) is 10.8. The lowest BCUT2D eigenvalue weighted by atomic mass is 9.94. The predicted octanol–water partition coefficient (Wildman–Crippen LogP) is 1.25. The van der Waals surface area contributed by atoms with Gasteiger partial charge in [-0.05, 0) is 56.8 Å². The lowest BCUT2D eigenvalue weighted by Gasteiger charge is -2.28. The second kappa shape index (κ2) is 7.00. The number of hydrogen-bond acceptors (Lipinski definition) is 5. The van der Waals surface area contributed by atoms with Crippen LogP contribution in [-0.4, -0.2) is 45.1 Å². The molecule has 7 heteroatoms. The van der Waals surface area contributed by atoms with Crippen LogP contribution in [0.2, 0.25) is 0 Å². The van der Waals surface area contributed by atoms with Gasteiger partial charge in [0.15, 0.2) is 0 Å². The lowest BCUT2D eigenvalue weighted by Crippen LogP contribution is -2.32. The van der Waals surface area contributed by atoms with Crippen molar-refractivity contribution in [2.75, 3.05) is 26.7 Å². The molecule has 0 radical (unpaired) electrons. The molecular formula is C13H22N2O3S2. The van der Waals surface area contributed by atoms with Crippen molar-refractivity contribution in [2.45, 2.75) is 30.8 Å². The van der Waals surface area contributed by atoms with Gasteiger partial charge in [0, 0.05) is 11.4 Å². The summed E-state index contributed by atoms with van der Waals surface area (Å²) >= 11 is 1.26. The summed E-state index contributed by atoms with van der Waals surface area (Å²) in [6.45, 7) is 2.42. The molecule has 0 amide bonds. The first-order valence-electron chi connectivity index (χ1n) is 6.88. The fourth-order valence-corrected chi connectivity index (χ4v) is 4.85. The molecule has 2 rings (SSSR count). The fraction of sp³-hybridized carbons (Fsp3) is 0.692. The Labute approximate surface area is 124 Å². The molecule has 1 aromatic heterocycles. The number of thiophene rings is 1. The lowest BCUT2D eigenvalue weighted by molar-refractivity contribution is 0.213. The minimum atomic E-state index is -3.48. The van der Waals surface area contributed by atoms with Gasteiger partial charge < -0.3 is 10.0 Å². The quantitative estimate of drug-likeness (QED) is 0.828. The summed E-state index contributed by atoms with van der Waals surface area (Å²) in [6.07, 6.45) is 3.16. The molecule has 0 unspecified atom stereocenters. The number of hydrogen-bond donors (Lipinski definition) is 2. The predicted molar refractivity (Wildman–Crippen MR) is 80.3 cm³/mol. The van der Waals surface area contributed by atoms with Gasteiger partial charge in [-0.3, -0.25) is 0 Å². The van der Waals surface area contributed by atoms with Crippen LogP contribution in [0.15, 0.2) is 16.3 Å². The van der Waals surface area contributed by atoms with Gasteiger partial charge in [-0.25, -0.2) is 13.1 Å². The van der Waals surface area contributed by atoms with E-state index in [9.17, 15) is 8.42 Å². The summed E-state index contributed by atoms with van der Waals surface area (Å²) in [5.74, 6) is 0.605. The maximum atomic E-state index is 12.1. The summed E-state index contributed by atoms with van der Waals surface area (Å²) in [7, 11) is -1.36. The van der Waals surface area contributed by atoms with E-state index in [1.807, 2.05) is 0 Å². The Morgan fingerprint density at radius 3 is 2.80 bits per heavy atom. The molecule has 1 aliphatic rings. The summed E-state index contributed by atoms with van der Waals surface area (Å²) in [4.78, 5) is 3.02. The van der Waals surface area contributed by atoms with Crippen LogP contribution in [0.25, 0.3) is 0 Å². The average Bonchev–Trinajstić information content (AvgIpc) is 2.90. The van der Waals surface area contributed by atoms with E-state index >= 15 is 0 Å². The Hall–Kier alpha value is -0.470. The van der Waals surface area contributed by atoms with E-state index in [0.717, 1.165) is 32.4 Å². The number of nitrogens with one attached hydrogen (secondary N) is 1. The third-order valence-electron chi connectivity index (χ3n) is 3.82. The third-order valence-corrected chi connectivity index (χ3v) is 6.40. The molecule has 0 atom stereocenters. The van der Waals surface area contributed by atoms with Crippen LogP contribution in [0.1, 0.15) is 24.1 Å². The molecule has 0 aromatic carbocycles. The van der Waals surface area contributed by atoms with Gasteiger partial charge in [-0.15, -0.1) is 11.3 Å². The van der Waals surface area contributed by atoms with Crippen molar-refractivity contribution in [1.82, 2.24) is 9.62 Å². The maximum Gasteiger partial charge on any atom is 0.241 e. The second-order valence-corrected chi connectivity index (χ2v) is 8.04. The van der Waals surface area contributed by atoms with Crippen LogP contribution in [-0.2, 0) is 16.6 Å². The van der Waals surface area contributed by atoms with E-state index < -0.39 is 10.0 Å². The van der Waals surface area contributed by atoms with Crippen LogP contribution in [0.3, 0.4) is 0 Å². The number of aliphatic hydroxyl groups excluding tert-OH is 1. The van der Waals surface area contributed by atoms with Gasteiger partial charge in [0.1, 0.15) is 0 Å². The van der Waals surface area contributed by atoms with E-state index in [1.54, 1.807) is 11.4 Å². The molecule has 2 heterocycles. The Bertz CT molecular complexity index is 519. The van der Waals surface area contributed by atoms with Crippen molar-refractivity contribution in [1.29, 1.82) is 0 Å². The topological polar surface area (TPSA) is 69.6 Å². The van der Waals surface area contributed by atoms with E-state index in [-0.39, 0.29) is 11.5 Å². The van der Waals surface area contributed by atoms with Crippen LogP contribution in [0, 0.1) is 5.92 Å². The van der Waals surface area contributed by atoms with Crippen LogP contribution in [0.4, 0.5) is 0 Å². The largest absolute Gasteiger partial charge is 0.391 e. The Kier molecular flexibility index (Phi) is 5.57. The van der Waals surface area contributed by atoms with Crippen LogP contribution in [0.5, 0.6) is 0 Å². The Morgan fingerprint density at radius 2 is 2.15 bits per heavy atom. The molecule has 114 valence electrons. The van der Waals surface area contributed by atoms with E-state index in [1.165, 1.54) is 11.3 Å². The van der Waals surface area contributed by atoms with Gasteiger partial charge in [-0.1, -0.05) is 0 Å². The second-order valence-electron chi connectivity index (χ2n) is 5.30. The molecule has 20 heavy (non-hydrogen) atoms. The number of piperidine rings is 1. The van der Waals surface area contributed by atoms with Crippen LogP contribution < -0.4 is 4.72 Å². The van der Waals surface area contributed by atoms with Gasteiger partial charge in [0.05, 0.1) is 11.5 Å². The van der Waals surface area contributed by atoms with Crippen molar-refractivity contribution < 1.29 is 13.5 Å². The standard InChI is InChI=1S/C13H22N2O3S2/c1-15-7-3-11(4-8-15)2-6-14-20(17,18)13-5-9-19-12(13)10-16/h5,9,11,14,16H,2-4,6-8,10H2,1H3. The first-order valence-corrected chi connectivity index (χ1v) is 9.24.